The Bertz CT molecular complexity index is 627. The van der Waals surface area contributed by atoms with Crippen molar-refractivity contribution in [3.05, 3.63) is 27.0 Å². The third kappa shape index (κ3) is 3.29. The maximum atomic E-state index is 12.4. The monoisotopic (exact) mass is 330 g/mol. The second-order valence-corrected chi connectivity index (χ2v) is 6.38. The summed E-state index contributed by atoms with van der Waals surface area (Å²) in [4.78, 5) is 25.0. The quantitative estimate of drug-likeness (QED) is 0.712. The highest BCUT2D eigenvalue weighted by Gasteiger charge is 2.37. The summed E-state index contributed by atoms with van der Waals surface area (Å²) in [6.45, 7) is 2.35. The van der Waals surface area contributed by atoms with E-state index in [4.69, 9.17) is 14.2 Å². The Balaban J connectivity index is 2.37. The van der Waals surface area contributed by atoms with Crippen molar-refractivity contribution in [1.82, 2.24) is 9.13 Å². The second kappa shape index (κ2) is 7.45. The van der Waals surface area contributed by atoms with Gasteiger partial charge in [-0.05, 0) is 5.75 Å². The zero-order chi connectivity index (χ0) is 16.3. The molecule has 1 aromatic rings. The summed E-state index contributed by atoms with van der Waals surface area (Å²) < 4.78 is 19.0. The average Bonchev–Trinajstić information content (AvgIpc) is 2.91. The van der Waals surface area contributed by atoms with Gasteiger partial charge in [0.2, 0.25) is 0 Å². The molecule has 0 N–H and O–H groups in total. The smallest absolute Gasteiger partial charge is 0.332 e. The van der Waals surface area contributed by atoms with E-state index in [0.29, 0.717) is 17.9 Å². The third-order valence-electron chi connectivity index (χ3n) is 3.70. The molecule has 0 spiro atoms. The van der Waals surface area contributed by atoms with Gasteiger partial charge in [0.15, 0.2) is 0 Å². The fourth-order valence-corrected chi connectivity index (χ4v) is 3.32. The van der Waals surface area contributed by atoms with Gasteiger partial charge in [0, 0.05) is 33.9 Å². The second-order valence-electron chi connectivity index (χ2n) is 5.07. The number of hydrogen-bond acceptors (Lipinski definition) is 6. The summed E-state index contributed by atoms with van der Waals surface area (Å²) in [6.07, 6.45) is 1.30. The number of aromatic nitrogens is 2. The highest BCUT2D eigenvalue weighted by molar-refractivity contribution is 7.99. The molecule has 0 bridgehead atoms. The molecule has 22 heavy (non-hydrogen) atoms. The summed E-state index contributed by atoms with van der Waals surface area (Å²) in [5.74, 6) is 0.756. The fourth-order valence-electron chi connectivity index (χ4n) is 2.56. The maximum Gasteiger partial charge on any atom is 0.332 e. The van der Waals surface area contributed by atoms with Gasteiger partial charge in [-0.1, -0.05) is 6.92 Å². The average molecular weight is 330 g/mol. The van der Waals surface area contributed by atoms with E-state index in [1.54, 1.807) is 20.4 Å². The first-order valence-corrected chi connectivity index (χ1v) is 8.14. The minimum absolute atomic E-state index is 0.142. The zero-order valence-corrected chi connectivity index (χ0v) is 14.1. The van der Waals surface area contributed by atoms with E-state index in [-0.39, 0.29) is 23.5 Å². The molecule has 2 heterocycles. The lowest BCUT2D eigenvalue weighted by molar-refractivity contribution is -0.0622. The lowest BCUT2D eigenvalue weighted by Crippen LogP contribution is -2.40. The molecular weight excluding hydrogens is 308 g/mol. The van der Waals surface area contributed by atoms with Crippen LogP contribution in [0.15, 0.2) is 20.7 Å². The van der Waals surface area contributed by atoms with Crippen molar-refractivity contribution < 1.29 is 14.2 Å². The third-order valence-corrected chi connectivity index (χ3v) is 4.58. The highest BCUT2D eigenvalue weighted by atomic mass is 32.2. The summed E-state index contributed by atoms with van der Waals surface area (Å²) >= 11 is 1.41. The Hall–Kier alpha value is -1.09. The topological polar surface area (TPSA) is 71.7 Å². The van der Waals surface area contributed by atoms with Crippen molar-refractivity contribution in [1.29, 1.82) is 0 Å². The molecule has 1 saturated heterocycles. The van der Waals surface area contributed by atoms with Gasteiger partial charge in [-0.15, -0.1) is 11.8 Å². The van der Waals surface area contributed by atoms with Gasteiger partial charge in [-0.25, -0.2) is 4.79 Å². The normalized spacial score (nSPS) is 24.8. The van der Waals surface area contributed by atoms with Crippen LogP contribution in [0.25, 0.3) is 0 Å². The van der Waals surface area contributed by atoms with Gasteiger partial charge < -0.3 is 14.2 Å². The van der Waals surface area contributed by atoms with Crippen LogP contribution in [0.1, 0.15) is 19.6 Å². The molecule has 0 aliphatic carbocycles. The Kier molecular flexibility index (Phi) is 5.85. The molecule has 1 aliphatic rings. The van der Waals surface area contributed by atoms with Crippen LogP contribution < -0.4 is 11.2 Å². The summed E-state index contributed by atoms with van der Waals surface area (Å²) in [6, 6.07) is 0. The highest BCUT2D eigenvalue weighted by Crippen LogP contribution is 2.30. The van der Waals surface area contributed by atoms with Gasteiger partial charge in [-0.2, -0.15) is 0 Å². The molecule has 124 valence electrons. The van der Waals surface area contributed by atoms with E-state index < -0.39 is 6.23 Å². The van der Waals surface area contributed by atoms with Crippen molar-refractivity contribution in [2.24, 2.45) is 7.05 Å². The van der Waals surface area contributed by atoms with Gasteiger partial charge in [0.05, 0.1) is 17.6 Å². The predicted octanol–water partition coefficient (Wildman–Crippen LogP) is 0.608. The van der Waals surface area contributed by atoms with Crippen LogP contribution in [0, 0.1) is 0 Å². The molecular formula is C14H22N2O5S. The van der Waals surface area contributed by atoms with Crippen molar-refractivity contribution in [2.75, 3.05) is 26.6 Å². The first-order chi connectivity index (χ1) is 10.5. The largest absolute Gasteiger partial charge is 0.382 e. The van der Waals surface area contributed by atoms with Crippen LogP contribution in [0.4, 0.5) is 0 Å². The minimum atomic E-state index is -0.458. The van der Waals surface area contributed by atoms with Crippen LogP contribution in [0.2, 0.25) is 0 Å². The lowest BCUT2D eigenvalue weighted by Gasteiger charge is -2.17. The molecule has 1 aliphatic heterocycles. The van der Waals surface area contributed by atoms with E-state index in [9.17, 15) is 9.59 Å². The molecule has 0 saturated carbocycles. The zero-order valence-electron chi connectivity index (χ0n) is 13.3. The summed E-state index contributed by atoms with van der Waals surface area (Å²) in [5.41, 5.74) is -0.661. The van der Waals surface area contributed by atoms with Crippen molar-refractivity contribution in [3.8, 4) is 0 Å². The van der Waals surface area contributed by atoms with Crippen LogP contribution in [0.3, 0.4) is 0 Å². The molecule has 0 radical (unpaired) electrons. The SMILES string of the molecule is CCSc1cn([C@H]2CC(OC)[C@@H](COC)O2)c(=O)n(C)c1=O. The summed E-state index contributed by atoms with van der Waals surface area (Å²) in [7, 11) is 4.69. The number of ether oxygens (including phenoxy) is 3. The van der Waals surface area contributed by atoms with E-state index in [1.165, 1.54) is 23.4 Å². The molecule has 0 amide bonds. The Morgan fingerprint density at radius 3 is 2.73 bits per heavy atom. The number of nitrogens with zero attached hydrogens (tertiary/aromatic N) is 2. The Morgan fingerprint density at radius 2 is 2.14 bits per heavy atom. The van der Waals surface area contributed by atoms with Crippen LogP contribution in [-0.4, -0.2) is 47.9 Å². The van der Waals surface area contributed by atoms with E-state index in [2.05, 4.69) is 0 Å². The van der Waals surface area contributed by atoms with Gasteiger partial charge in [0.1, 0.15) is 12.3 Å². The molecule has 1 aromatic heterocycles. The molecule has 8 heteroatoms. The first kappa shape index (κ1) is 17.3. The molecule has 3 atom stereocenters. The molecule has 0 aromatic carbocycles. The van der Waals surface area contributed by atoms with Crippen LogP contribution in [-0.2, 0) is 21.3 Å². The van der Waals surface area contributed by atoms with E-state index in [0.717, 1.165) is 10.3 Å². The number of rotatable bonds is 6. The molecule has 1 unspecified atom stereocenters. The Morgan fingerprint density at radius 1 is 1.41 bits per heavy atom. The van der Waals surface area contributed by atoms with E-state index >= 15 is 0 Å². The van der Waals surface area contributed by atoms with Crippen LogP contribution in [0.5, 0.6) is 0 Å². The lowest BCUT2D eigenvalue weighted by atomic mass is 10.2. The standard InChI is InChI=1S/C14H22N2O5S/c1-5-22-11-7-16(14(18)15(2)13(11)17)12-6-9(20-4)10(21-12)8-19-3/h7,9-10,12H,5-6,8H2,1-4H3/t9?,10-,12-/m1/s1. The fraction of sp³-hybridized carbons (Fsp3) is 0.714. The van der Waals surface area contributed by atoms with Crippen molar-refractivity contribution in [2.45, 2.75) is 36.7 Å². The first-order valence-electron chi connectivity index (χ1n) is 7.15. The molecule has 1 fully saturated rings. The predicted molar refractivity (Wildman–Crippen MR) is 83.5 cm³/mol. The number of hydrogen-bond donors (Lipinski definition) is 0. The van der Waals surface area contributed by atoms with Crippen LogP contribution >= 0.6 is 11.8 Å². The summed E-state index contributed by atoms with van der Waals surface area (Å²) in [5, 5.41) is 0. The van der Waals surface area contributed by atoms with Crippen molar-refractivity contribution in [3.63, 3.8) is 0 Å². The van der Waals surface area contributed by atoms with Gasteiger partial charge in [0.25, 0.3) is 5.56 Å². The molecule has 2 rings (SSSR count). The number of thioether (sulfide) groups is 1. The molecule has 7 nitrogen and oxygen atoms in total. The number of methoxy groups -OCH3 is 2. The van der Waals surface area contributed by atoms with Gasteiger partial charge in [-0.3, -0.25) is 13.9 Å². The van der Waals surface area contributed by atoms with E-state index in [1.807, 2.05) is 6.92 Å². The Labute approximate surface area is 133 Å². The van der Waals surface area contributed by atoms with Crippen molar-refractivity contribution >= 4 is 11.8 Å². The maximum absolute atomic E-state index is 12.4. The minimum Gasteiger partial charge on any atom is -0.382 e. The van der Waals surface area contributed by atoms with Gasteiger partial charge >= 0.3 is 5.69 Å².